The van der Waals surface area contributed by atoms with Crippen molar-refractivity contribution in [1.82, 2.24) is 9.62 Å². The number of carbonyl (C=O) groups is 1. The fourth-order valence-corrected chi connectivity index (χ4v) is 2.30. The standard InChI is InChI=1S/C12H19N3O3S/c1-10(16)13-8-9-14-11-4-6-12(7-5-11)19(17,18)15(2)3/h4-7,14H,8-9H2,1-3H3,(H,13,16). The van der Waals surface area contributed by atoms with Gasteiger partial charge in [-0.1, -0.05) is 0 Å². The van der Waals surface area contributed by atoms with Gasteiger partial charge in [0.2, 0.25) is 15.9 Å². The Kier molecular flexibility index (Phi) is 5.31. The number of amides is 1. The van der Waals surface area contributed by atoms with E-state index >= 15 is 0 Å². The third-order valence-corrected chi connectivity index (χ3v) is 4.29. The lowest BCUT2D eigenvalue weighted by atomic mass is 10.3. The molecule has 1 rings (SSSR count). The molecule has 0 atom stereocenters. The molecule has 0 fully saturated rings. The van der Waals surface area contributed by atoms with Crippen LogP contribution in [0.2, 0.25) is 0 Å². The lowest BCUT2D eigenvalue weighted by molar-refractivity contribution is -0.118. The molecular formula is C12H19N3O3S. The van der Waals surface area contributed by atoms with Crippen molar-refractivity contribution < 1.29 is 13.2 Å². The average Bonchev–Trinajstić information content (AvgIpc) is 2.35. The Morgan fingerprint density at radius 1 is 1.16 bits per heavy atom. The van der Waals surface area contributed by atoms with Crippen molar-refractivity contribution >= 4 is 21.6 Å². The van der Waals surface area contributed by atoms with E-state index in [1.54, 1.807) is 24.3 Å². The maximum Gasteiger partial charge on any atom is 0.242 e. The Hall–Kier alpha value is -1.60. The van der Waals surface area contributed by atoms with Crippen molar-refractivity contribution in [1.29, 1.82) is 0 Å². The van der Waals surface area contributed by atoms with Gasteiger partial charge < -0.3 is 10.6 Å². The van der Waals surface area contributed by atoms with Crippen molar-refractivity contribution in [3.63, 3.8) is 0 Å². The van der Waals surface area contributed by atoms with Crippen molar-refractivity contribution in [3.05, 3.63) is 24.3 Å². The first kappa shape index (κ1) is 15.5. The minimum absolute atomic E-state index is 0.0748. The Bertz CT molecular complexity index is 524. The molecule has 0 radical (unpaired) electrons. The molecule has 106 valence electrons. The fourth-order valence-electron chi connectivity index (χ4n) is 1.40. The summed E-state index contributed by atoms with van der Waals surface area (Å²) in [5.41, 5.74) is 0.808. The van der Waals surface area contributed by atoms with Gasteiger partial charge in [0.05, 0.1) is 4.90 Å². The molecule has 0 aliphatic heterocycles. The summed E-state index contributed by atoms with van der Waals surface area (Å²) in [6.45, 7) is 2.56. The van der Waals surface area contributed by atoms with Crippen LogP contribution in [0.25, 0.3) is 0 Å². The summed E-state index contributed by atoms with van der Waals surface area (Å²) in [6, 6.07) is 6.50. The number of nitrogens with one attached hydrogen (secondary N) is 2. The molecule has 0 saturated heterocycles. The second kappa shape index (κ2) is 6.53. The number of rotatable bonds is 6. The van der Waals surface area contributed by atoms with Crippen molar-refractivity contribution in [2.45, 2.75) is 11.8 Å². The van der Waals surface area contributed by atoms with Crippen LogP contribution in [0.3, 0.4) is 0 Å². The monoisotopic (exact) mass is 285 g/mol. The zero-order valence-electron chi connectivity index (χ0n) is 11.3. The number of hydrogen-bond donors (Lipinski definition) is 2. The van der Waals surface area contributed by atoms with Crippen molar-refractivity contribution in [2.75, 3.05) is 32.5 Å². The van der Waals surface area contributed by atoms with Gasteiger partial charge in [-0.3, -0.25) is 4.79 Å². The summed E-state index contributed by atoms with van der Waals surface area (Å²) in [4.78, 5) is 10.9. The molecule has 1 aromatic rings. The number of sulfonamides is 1. The van der Waals surface area contributed by atoms with E-state index in [1.165, 1.54) is 25.3 Å². The molecule has 2 N–H and O–H groups in total. The van der Waals surface area contributed by atoms with E-state index in [4.69, 9.17) is 0 Å². The summed E-state index contributed by atoms with van der Waals surface area (Å²) in [5.74, 6) is -0.0748. The fraction of sp³-hybridized carbons (Fsp3) is 0.417. The van der Waals surface area contributed by atoms with Gasteiger partial charge in [-0.2, -0.15) is 0 Å². The van der Waals surface area contributed by atoms with Crippen LogP contribution in [0.5, 0.6) is 0 Å². The van der Waals surface area contributed by atoms with Crippen LogP contribution in [-0.4, -0.2) is 45.8 Å². The molecule has 0 heterocycles. The molecule has 0 aromatic heterocycles. The van der Waals surface area contributed by atoms with Crippen LogP contribution in [0.4, 0.5) is 5.69 Å². The van der Waals surface area contributed by atoms with E-state index in [9.17, 15) is 13.2 Å². The number of carbonyl (C=O) groups excluding carboxylic acids is 1. The Balaban J connectivity index is 2.60. The highest BCUT2D eigenvalue weighted by molar-refractivity contribution is 7.89. The van der Waals surface area contributed by atoms with E-state index in [-0.39, 0.29) is 10.8 Å². The first-order chi connectivity index (χ1) is 8.84. The van der Waals surface area contributed by atoms with Crippen LogP contribution < -0.4 is 10.6 Å². The summed E-state index contributed by atoms with van der Waals surface area (Å²) in [6.07, 6.45) is 0. The van der Waals surface area contributed by atoms with Gasteiger partial charge in [-0.25, -0.2) is 12.7 Å². The molecule has 0 aliphatic carbocycles. The molecule has 1 aromatic carbocycles. The van der Waals surface area contributed by atoms with Gasteiger partial charge in [0, 0.05) is 39.8 Å². The van der Waals surface area contributed by atoms with Gasteiger partial charge in [-0.05, 0) is 24.3 Å². The third kappa shape index (κ3) is 4.53. The smallest absolute Gasteiger partial charge is 0.242 e. The zero-order chi connectivity index (χ0) is 14.5. The number of benzene rings is 1. The van der Waals surface area contributed by atoms with E-state index in [1.807, 2.05) is 0 Å². The largest absolute Gasteiger partial charge is 0.383 e. The Morgan fingerprint density at radius 2 is 1.74 bits per heavy atom. The lowest BCUT2D eigenvalue weighted by Crippen LogP contribution is -2.26. The molecule has 0 spiro atoms. The quantitative estimate of drug-likeness (QED) is 0.745. The number of hydrogen-bond acceptors (Lipinski definition) is 4. The van der Waals surface area contributed by atoms with Crippen molar-refractivity contribution in [3.8, 4) is 0 Å². The molecular weight excluding hydrogens is 266 g/mol. The second-order valence-electron chi connectivity index (χ2n) is 4.22. The predicted molar refractivity (Wildman–Crippen MR) is 74.5 cm³/mol. The maximum atomic E-state index is 11.8. The highest BCUT2D eigenvalue weighted by Gasteiger charge is 2.16. The molecule has 0 bridgehead atoms. The third-order valence-electron chi connectivity index (χ3n) is 2.46. The molecule has 1 amide bonds. The molecule has 7 heteroatoms. The van der Waals surface area contributed by atoms with Crippen LogP contribution in [0, 0.1) is 0 Å². The van der Waals surface area contributed by atoms with Crippen molar-refractivity contribution in [2.24, 2.45) is 0 Å². The average molecular weight is 285 g/mol. The minimum atomic E-state index is -3.38. The normalized spacial score (nSPS) is 11.4. The van der Waals surface area contributed by atoms with Crippen LogP contribution in [-0.2, 0) is 14.8 Å². The van der Waals surface area contributed by atoms with E-state index in [0.29, 0.717) is 13.1 Å². The SMILES string of the molecule is CC(=O)NCCNc1ccc(S(=O)(=O)N(C)C)cc1. The summed E-state index contributed by atoms with van der Waals surface area (Å²) in [5, 5.41) is 5.75. The predicted octanol–water partition coefficient (Wildman–Crippen LogP) is 0.485. The zero-order valence-corrected chi connectivity index (χ0v) is 12.1. The van der Waals surface area contributed by atoms with E-state index in [2.05, 4.69) is 10.6 Å². The summed E-state index contributed by atoms with van der Waals surface area (Å²) in [7, 11) is -0.392. The van der Waals surface area contributed by atoms with Gasteiger partial charge in [0.1, 0.15) is 0 Å². The molecule has 0 aliphatic rings. The molecule has 0 unspecified atom stereocenters. The lowest BCUT2D eigenvalue weighted by Gasteiger charge is -2.12. The van der Waals surface area contributed by atoms with Gasteiger partial charge in [0.25, 0.3) is 0 Å². The highest BCUT2D eigenvalue weighted by atomic mass is 32.2. The van der Waals surface area contributed by atoms with Crippen LogP contribution in [0.15, 0.2) is 29.2 Å². The van der Waals surface area contributed by atoms with Gasteiger partial charge in [-0.15, -0.1) is 0 Å². The highest BCUT2D eigenvalue weighted by Crippen LogP contribution is 2.16. The maximum absolute atomic E-state index is 11.8. The van der Waals surface area contributed by atoms with Gasteiger partial charge >= 0.3 is 0 Å². The second-order valence-corrected chi connectivity index (χ2v) is 6.37. The topological polar surface area (TPSA) is 78.5 Å². The Morgan fingerprint density at radius 3 is 2.21 bits per heavy atom. The first-order valence-electron chi connectivity index (χ1n) is 5.85. The van der Waals surface area contributed by atoms with Crippen LogP contribution >= 0.6 is 0 Å². The molecule has 19 heavy (non-hydrogen) atoms. The number of nitrogens with zero attached hydrogens (tertiary/aromatic N) is 1. The molecule has 6 nitrogen and oxygen atoms in total. The van der Waals surface area contributed by atoms with E-state index in [0.717, 1.165) is 5.69 Å². The number of anilines is 1. The molecule has 0 saturated carbocycles. The van der Waals surface area contributed by atoms with E-state index < -0.39 is 10.0 Å². The minimum Gasteiger partial charge on any atom is -0.383 e. The van der Waals surface area contributed by atoms with Crippen LogP contribution in [0.1, 0.15) is 6.92 Å². The summed E-state index contributed by atoms with van der Waals surface area (Å²) >= 11 is 0. The van der Waals surface area contributed by atoms with Gasteiger partial charge in [0.15, 0.2) is 0 Å². The Labute approximate surface area is 113 Å². The first-order valence-corrected chi connectivity index (χ1v) is 7.29. The summed E-state index contributed by atoms with van der Waals surface area (Å²) < 4.78 is 24.8.